The average Bonchev–Trinajstić information content (AvgIpc) is 3.30. The molecule has 0 bridgehead atoms. The summed E-state index contributed by atoms with van der Waals surface area (Å²) in [6, 6.07) is 11.5. The number of nitrogens with zero attached hydrogens (tertiary/aromatic N) is 3. The molecule has 3 N–H and O–H groups in total. The van der Waals surface area contributed by atoms with Gasteiger partial charge in [-0.05, 0) is 31.2 Å². The second kappa shape index (κ2) is 6.31. The predicted octanol–water partition coefficient (Wildman–Crippen LogP) is 4.06. The van der Waals surface area contributed by atoms with Crippen molar-refractivity contribution < 1.29 is 4.79 Å². The van der Waals surface area contributed by atoms with Crippen LogP contribution in [0.1, 0.15) is 16.1 Å². The predicted molar refractivity (Wildman–Crippen MR) is 108 cm³/mol. The lowest BCUT2D eigenvalue weighted by Gasteiger charge is -2.05. The van der Waals surface area contributed by atoms with E-state index in [0.717, 1.165) is 38.9 Å². The lowest BCUT2D eigenvalue weighted by Crippen LogP contribution is -2.11. The normalized spacial score (nSPS) is 11.2. The van der Waals surface area contributed by atoms with Crippen LogP contribution in [-0.2, 0) is 0 Å². The van der Waals surface area contributed by atoms with Gasteiger partial charge >= 0.3 is 0 Å². The van der Waals surface area contributed by atoms with Crippen LogP contribution in [-0.4, -0.2) is 30.8 Å². The van der Waals surface area contributed by atoms with Crippen LogP contribution >= 0.6 is 0 Å². The van der Waals surface area contributed by atoms with Gasteiger partial charge in [0.25, 0.3) is 5.91 Å². The molecule has 7 nitrogen and oxygen atoms in total. The molecule has 1 aromatic carbocycles. The second-order valence-corrected chi connectivity index (χ2v) is 6.60. The summed E-state index contributed by atoms with van der Waals surface area (Å²) in [5, 5.41) is 4.68. The van der Waals surface area contributed by atoms with Crippen LogP contribution in [0.2, 0.25) is 0 Å². The lowest BCUT2D eigenvalue weighted by molar-refractivity contribution is 0.102. The van der Waals surface area contributed by atoms with E-state index in [9.17, 15) is 4.79 Å². The molecule has 136 valence electrons. The Labute approximate surface area is 159 Å². The highest BCUT2D eigenvalue weighted by atomic mass is 16.1. The van der Waals surface area contributed by atoms with Crippen LogP contribution in [0.5, 0.6) is 0 Å². The molecule has 5 rings (SSSR count). The summed E-state index contributed by atoms with van der Waals surface area (Å²) >= 11 is 0. The van der Waals surface area contributed by atoms with Gasteiger partial charge in [0.1, 0.15) is 12.0 Å². The number of aromatic nitrogens is 5. The van der Waals surface area contributed by atoms with Crippen LogP contribution < -0.4 is 5.32 Å². The Morgan fingerprint density at radius 3 is 2.89 bits per heavy atom. The van der Waals surface area contributed by atoms with Gasteiger partial charge in [0.2, 0.25) is 0 Å². The molecule has 28 heavy (non-hydrogen) atoms. The van der Waals surface area contributed by atoms with E-state index in [2.05, 4.69) is 30.2 Å². The molecule has 0 atom stereocenters. The van der Waals surface area contributed by atoms with E-state index in [1.807, 2.05) is 31.2 Å². The molecule has 0 saturated carbocycles. The van der Waals surface area contributed by atoms with Gasteiger partial charge in [-0.15, -0.1) is 0 Å². The largest absolute Gasteiger partial charge is 0.360 e. The number of aryl methyl sites for hydroxylation is 1. The van der Waals surface area contributed by atoms with Crippen molar-refractivity contribution in [3.63, 3.8) is 0 Å². The van der Waals surface area contributed by atoms with Crippen molar-refractivity contribution in [3.8, 4) is 11.3 Å². The van der Waals surface area contributed by atoms with Crippen molar-refractivity contribution in [2.45, 2.75) is 6.92 Å². The zero-order valence-corrected chi connectivity index (χ0v) is 15.0. The number of pyridine rings is 1. The van der Waals surface area contributed by atoms with Crippen LogP contribution in [0.25, 0.3) is 33.2 Å². The number of hydrogen-bond donors (Lipinski definition) is 3. The highest BCUT2D eigenvalue weighted by molar-refractivity contribution is 6.13. The monoisotopic (exact) mass is 368 g/mol. The highest BCUT2D eigenvalue weighted by Gasteiger charge is 2.15. The van der Waals surface area contributed by atoms with Crippen molar-refractivity contribution >= 4 is 33.5 Å². The Morgan fingerprint density at radius 1 is 1.11 bits per heavy atom. The summed E-state index contributed by atoms with van der Waals surface area (Å²) in [5.41, 5.74) is 5.76. The number of benzene rings is 1. The van der Waals surface area contributed by atoms with E-state index in [1.54, 1.807) is 37.1 Å². The molecule has 0 spiro atoms. The summed E-state index contributed by atoms with van der Waals surface area (Å²) in [6.07, 6.45) is 6.55. The summed E-state index contributed by atoms with van der Waals surface area (Å²) in [6.45, 7) is 1.99. The van der Waals surface area contributed by atoms with Gasteiger partial charge in [0.05, 0.1) is 23.1 Å². The summed E-state index contributed by atoms with van der Waals surface area (Å²) < 4.78 is 0. The number of anilines is 1. The molecule has 4 heterocycles. The van der Waals surface area contributed by atoms with Gasteiger partial charge in [-0.1, -0.05) is 12.1 Å². The molecule has 0 fully saturated rings. The van der Waals surface area contributed by atoms with Gasteiger partial charge in [-0.3, -0.25) is 9.78 Å². The zero-order chi connectivity index (χ0) is 19.1. The maximum absolute atomic E-state index is 12.6. The molecular weight excluding hydrogens is 352 g/mol. The topological polar surface area (TPSA) is 99.3 Å². The number of hydrogen-bond acceptors (Lipinski definition) is 4. The van der Waals surface area contributed by atoms with E-state index < -0.39 is 0 Å². The molecule has 0 aliphatic heterocycles. The molecule has 5 aromatic rings. The van der Waals surface area contributed by atoms with Crippen LogP contribution in [0.15, 0.2) is 61.3 Å². The smallest absolute Gasteiger partial charge is 0.257 e. The minimum absolute atomic E-state index is 0.183. The Bertz CT molecular complexity index is 1320. The number of aromatic amines is 2. The number of fused-ring (bicyclic) bond motifs is 2. The Hall–Kier alpha value is -4.00. The van der Waals surface area contributed by atoms with Gasteiger partial charge in [-0.2, -0.15) is 0 Å². The molecule has 0 unspecified atom stereocenters. The van der Waals surface area contributed by atoms with Crippen LogP contribution in [0, 0.1) is 6.92 Å². The van der Waals surface area contributed by atoms with E-state index in [1.165, 1.54) is 0 Å². The third-order valence-electron chi connectivity index (χ3n) is 4.68. The number of nitrogens with one attached hydrogen (secondary N) is 3. The van der Waals surface area contributed by atoms with E-state index in [4.69, 9.17) is 0 Å². The fourth-order valence-corrected chi connectivity index (χ4v) is 3.40. The number of carbonyl (C=O) groups excluding carboxylic acids is 1. The first-order chi connectivity index (χ1) is 13.7. The maximum Gasteiger partial charge on any atom is 0.257 e. The lowest BCUT2D eigenvalue weighted by atomic mass is 10.1. The van der Waals surface area contributed by atoms with Gasteiger partial charge in [0, 0.05) is 39.9 Å². The molecule has 0 aliphatic rings. The van der Waals surface area contributed by atoms with Crippen LogP contribution in [0.3, 0.4) is 0 Å². The zero-order valence-electron chi connectivity index (χ0n) is 15.0. The molecule has 0 aliphatic carbocycles. The highest BCUT2D eigenvalue weighted by Crippen LogP contribution is 2.29. The van der Waals surface area contributed by atoms with Crippen molar-refractivity contribution in [2.24, 2.45) is 0 Å². The SMILES string of the molecule is Cc1cc2c(-c3ccc4c(C(=O)Nc5cccnc5)c[nH]c4c3)ncnc2[nH]1. The molecule has 4 aromatic heterocycles. The summed E-state index contributed by atoms with van der Waals surface area (Å²) in [7, 11) is 0. The minimum atomic E-state index is -0.183. The summed E-state index contributed by atoms with van der Waals surface area (Å²) in [5.74, 6) is -0.183. The second-order valence-electron chi connectivity index (χ2n) is 6.60. The first-order valence-electron chi connectivity index (χ1n) is 8.82. The van der Waals surface area contributed by atoms with Gasteiger partial charge in [-0.25, -0.2) is 9.97 Å². The van der Waals surface area contributed by atoms with Crippen molar-refractivity contribution in [1.29, 1.82) is 0 Å². The maximum atomic E-state index is 12.6. The Balaban J connectivity index is 1.54. The molecule has 0 radical (unpaired) electrons. The molecule has 7 heteroatoms. The Morgan fingerprint density at radius 2 is 2.04 bits per heavy atom. The van der Waals surface area contributed by atoms with Gasteiger partial charge in [0.15, 0.2) is 0 Å². The Kier molecular flexibility index (Phi) is 3.65. The molecular formula is C21H16N6O. The standard InChI is InChI=1S/C21H16N6O/c1-12-7-16-19(24-11-25-20(16)26-12)13-4-5-15-17(10-23-18(15)8-13)21(28)27-14-3-2-6-22-9-14/h2-11,23H,1H3,(H,27,28)(H,24,25,26). The third-order valence-corrected chi connectivity index (χ3v) is 4.68. The first kappa shape index (κ1) is 16.2. The van der Waals surface area contributed by atoms with Crippen molar-refractivity contribution in [2.75, 3.05) is 5.32 Å². The first-order valence-corrected chi connectivity index (χ1v) is 8.82. The summed E-state index contributed by atoms with van der Waals surface area (Å²) in [4.78, 5) is 31.8. The minimum Gasteiger partial charge on any atom is -0.360 e. The van der Waals surface area contributed by atoms with E-state index in [-0.39, 0.29) is 5.91 Å². The number of H-pyrrole nitrogens is 2. The van der Waals surface area contributed by atoms with Crippen molar-refractivity contribution in [1.82, 2.24) is 24.9 Å². The molecule has 0 saturated heterocycles. The number of amides is 1. The molecule has 1 amide bonds. The van der Waals surface area contributed by atoms with E-state index in [0.29, 0.717) is 11.3 Å². The third kappa shape index (κ3) is 2.69. The average molecular weight is 368 g/mol. The van der Waals surface area contributed by atoms with Crippen LogP contribution in [0.4, 0.5) is 5.69 Å². The van der Waals surface area contributed by atoms with Crippen molar-refractivity contribution in [3.05, 3.63) is 72.6 Å². The van der Waals surface area contributed by atoms with Gasteiger partial charge < -0.3 is 15.3 Å². The fourth-order valence-electron chi connectivity index (χ4n) is 3.40. The number of rotatable bonds is 3. The quantitative estimate of drug-likeness (QED) is 0.447. The van der Waals surface area contributed by atoms with E-state index >= 15 is 0 Å². The number of carbonyl (C=O) groups is 1. The fraction of sp³-hybridized carbons (Fsp3) is 0.0476.